The minimum atomic E-state index is 0.125. The van der Waals surface area contributed by atoms with Gasteiger partial charge in [0.05, 0.1) is 10.7 Å². The Morgan fingerprint density at radius 1 is 1.15 bits per heavy atom. The first-order valence-electron chi connectivity index (χ1n) is 9.41. The summed E-state index contributed by atoms with van der Waals surface area (Å²) in [5, 5.41) is 1.16. The highest BCUT2D eigenvalue weighted by Crippen LogP contribution is 2.18. The number of benzene rings is 1. The summed E-state index contributed by atoms with van der Waals surface area (Å²) >= 11 is 1.79. The fraction of sp³-hybridized carbons (Fsp3) is 0.545. The van der Waals surface area contributed by atoms with Crippen LogP contribution in [0.1, 0.15) is 72.0 Å². The molecule has 2 rings (SSSR count). The Morgan fingerprint density at radius 3 is 2.04 bits per heavy atom. The molecule has 1 aromatic heterocycles. The number of rotatable bonds is 5. The number of carbonyl (C=O) groups is 1. The summed E-state index contributed by atoms with van der Waals surface area (Å²) in [4.78, 5) is 16.5. The molecule has 0 radical (unpaired) electrons. The zero-order valence-corrected chi connectivity index (χ0v) is 18.4. The van der Waals surface area contributed by atoms with Crippen molar-refractivity contribution in [1.29, 1.82) is 0 Å². The van der Waals surface area contributed by atoms with E-state index in [0.717, 1.165) is 35.9 Å². The molecule has 0 aliphatic rings. The Balaban J connectivity index is 0.000000387. The third-order valence-electron chi connectivity index (χ3n) is 3.88. The molecule has 0 aliphatic heterocycles. The lowest BCUT2D eigenvalue weighted by Gasteiger charge is -1.93. The van der Waals surface area contributed by atoms with E-state index in [2.05, 4.69) is 32.7 Å². The van der Waals surface area contributed by atoms with Crippen LogP contribution in [-0.2, 0) is 6.42 Å². The van der Waals surface area contributed by atoms with Crippen LogP contribution in [0.25, 0.3) is 0 Å². The highest BCUT2D eigenvalue weighted by atomic mass is 32.1. The van der Waals surface area contributed by atoms with Crippen LogP contribution in [-0.4, -0.2) is 17.3 Å². The molecule has 0 amide bonds. The lowest BCUT2D eigenvalue weighted by atomic mass is 10.1. The first kappa shape index (κ1) is 24.5. The highest BCUT2D eigenvalue weighted by molar-refractivity contribution is 7.11. The first-order valence-corrected chi connectivity index (χ1v) is 10.2. The maximum Gasteiger partial charge on any atom is 0.159 e. The molecule has 1 aromatic carbocycles. The summed E-state index contributed by atoms with van der Waals surface area (Å²) in [5.74, 6) is 1.01. The van der Waals surface area contributed by atoms with Crippen LogP contribution >= 0.6 is 11.3 Å². The monoisotopic (exact) mass is 376 g/mol. The van der Waals surface area contributed by atoms with Crippen LogP contribution < -0.4 is 5.73 Å². The zero-order valence-electron chi connectivity index (χ0n) is 17.6. The molecule has 1 heterocycles. The fourth-order valence-electron chi connectivity index (χ4n) is 1.86. The second kappa shape index (κ2) is 13.7. The van der Waals surface area contributed by atoms with Crippen LogP contribution in [0, 0.1) is 26.7 Å². The van der Waals surface area contributed by atoms with Gasteiger partial charge in [0.15, 0.2) is 5.78 Å². The van der Waals surface area contributed by atoms with Gasteiger partial charge in [0.2, 0.25) is 0 Å². The van der Waals surface area contributed by atoms with E-state index < -0.39 is 0 Å². The second-order valence-corrected chi connectivity index (χ2v) is 8.15. The zero-order chi connectivity index (χ0) is 20.1. The van der Waals surface area contributed by atoms with Crippen LogP contribution in [0.4, 0.5) is 0 Å². The van der Waals surface area contributed by atoms with Gasteiger partial charge in [0.1, 0.15) is 0 Å². The summed E-state index contributed by atoms with van der Waals surface area (Å²) in [6.45, 7) is 15.1. The van der Waals surface area contributed by atoms with E-state index >= 15 is 0 Å². The molecule has 0 spiro atoms. The Morgan fingerprint density at radius 2 is 1.69 bits per heavy atom. The minimum absolute atomic E-state index is 0.125. The molecular formula is C22H36N2OS. The molecule has 26 heavy (non-hydrogen) atoms. The number of hydrogen-bond donors (Lipinski definition) is 1. The largest absolute Gasteiger partial charge is 0.330 e. The molecule has 0 saturated heterocycles. The van der Waals surface area contributed by atoms with Gasteiger partial charge in [-0.1, -0.05) is 57.0 Å². The number of carbonyl (C=O) groups excluding carboxylic acids is 1. The third kappa shape index (κ3) is 11.2. The van der Waals surface area contributed by atoms with E-state index in [4.69, 9.17) is 5.73 Å². The molecule has 0 bridgehead atoms. The fourth-order valence-corrected chi connectivity index (χ4v) is 2.84. The van der Waals surface area contributed by atoms with Crippen LogP contribution in [0.5, 0.6) is 0 Å². The number of aromatic nitrogens is 1. The van der Waals surface area contributed by atoms with E-state index in [9.17, 15) is 4.79 Å². The Bertz CT molecular complexity index is 630. The molecule has 2 aromatic rings. The van der Waals surface area contributed by atoms with Gasteiger partial charge in [-0.2, -0.15) is 0 Å². The summed E-state index contributed by atoms with van der Waals surface area (Å²) in [6.07, 6.45) is 3.47. The van der Waals surface area contributed by atoms with Gasteiger partial charge in [-0.05, 0) is 53.0 Å². The van der Waals surface area contributed by atoms with Crippen molar-refractivity contribution in [2.24, 2.45) is 11.7 Å². The lowest BCUT2D eigenvalue weighted by molar-refractivity contribution is 0.101. The van der Waals surface area contributed by atoms with Crippen molar-refractivity contribution < 1.29 is 4.79 Å². The van der Waals surface area contributed by atoms with Gasteiger partial charge < -0.3 is 5.73 Å². The van der Waals surface area contributed by atoms with E-state index in [1.54, 1.807) is 18.3 Å². The van der Waals surface area contributed by atoms with Crippen LogP contribution in [0.3, 0.4) is 0 Å². The Labute approximate surface area is 164 Å². The van der Waals surface area contributed by atoms with Crippen LogP contribution in [0.2, 0.25) is 0 Å². The SMILES string of the molecule is CC(=O)c1ccc(C)cc1.CCC(C)C.Cc1nc(C)c(CCCN)s1. The van der Waals surface area contributed by atoms with Gasteiger partial charge in [-0.3, -0.25) is 4.79 Å². The minimum Gasteiger partial charge on any atom is -0.330 e. The molecular weight excluding hydrogens is 340 g/mol. The standard InChI is InChI=1S/C9H10O.C8H14N2S.C5H12/c1-7-3-5-9(6-4-7)8(2)10;1-6-8(4-3-5-9)11-7(2)10-6;1-4-5(2)3/h3-6H,1-2H3;3-5,9H2,1-2H3;5H,4H2,1-3H3. The average Bonchev–Trinajstić information content (AvgIpc) is 2.92. The highest BCUT2D eigenvalue weighted by Gasteiger charge is 2.02. The Hall–Kier alpha value is -1.52. The van der Waals surface area contributed by atoms with E-state index in [1.807, 2.05) is 38.1 Å². The number of hydrogen-bond acceptors (Lipinski definition) is 4. The van der Waals surface area contributed by atoms with Gasteiger partial charge in [0.25, 0.3) is 0 Å². The number of thiazole rings is 1. The molecule has 0 unspecified atom stereocenters. The van der Waals surface area contributed by atoms with E-state index in [0.29, 0.717) is 0 Å². The summed E-state index contributed by atoms with van der Waals surface area (Å²) < 4.78 is 0. The van der Waals surface area contributed by atoms with Crippen molar-refractivity contribution in [3.63, 3.8) is 0 Å². The molecule has 3 nitrogen and oxygen atoms in total. The molecule has 0 atom stereocenters. The van der Waals surface area contributed by atoms with Crippen molar-refractivity contribution in [3.05, 3.63) is 51.0 Å². The number of nitrogens with zero attached hydrogens (tertiary/aromatic N) is 1. The summed E-state index contributed by atoms with van der Waals surface area (Å²) in [5.41, 5.74) is 8.57. The van der Waals surface area contributed by atoms with Crippen molar-refractivity contribution >= 4 is 17.1 Å². The normalized spacial score (nSPS) is 9.88. The average molecular weight is 377 g/mol. The maximum atomic E-state index is 10.8. The predicted octanol–water partition coefficient (Wildman–Crippen LogP) is 5.90. The predicted molar refractivity (Wildman–Crippen MR) is 115 cm³/mol. The molecule has 0 fully saturated rings. The van der Waals surface area contributed by atoms with E-state index in [1.165, 1.54) is 22.6 Å². The van der Waals surface area contributed by atoms with Crippen molar-refractivity contribution in [3.8, 4) is 0 Å². The smallest absolute Gasteiger partial charge is 0.159 e. The quantitative estimate of drug-likeness (QED) is 0.661. The molecule has 4 heteroatoms. The number of Topliss-reactive ketones (excluding diaryl/α,β-unsaturated/α-hetero) is 1. The van der Waals surface area contributed by atoms with Crippen LogP contribution in [0.15, 0.2) is 24.3 Å². The number of aryl methyl sites for hydroxylation is 4. The van der Waals surface area contributed by atoms with Crippen molar-refractivity contribution in [1.82, 2.24) is 4.98 Å². The second-order valence-electron chi connectivity index (χ2n) is 6.86. The van der Waals surface area contributed by atoms with Gasteiger partial charge >= 0.3 is 0 Å². The van der Waals surface area contributed by atoms with Gasteiger partial charge in [-0.25, -0.2) is 4.98 Å². The van der Waals surface area contributed by atoms with Crippen molar-refractivity contribution in [2.45, 2.75) is 67.7 Å². The molecule has 0 aliphatic carbocycles. The molecule has 146 valence electrons. The molecule has 2 N–H and O–H groups in total. The van der Waals surface area contributed by atoms with Gasteiger partial charge in [0, 0.05) is 10.4 Å². The third-order valence-corrected chi connectivity index (χ3v) is 5.01. The summed E-state index contributed by atoms with van der Waals surface area (Å²) in [7, 11) is 0. The number of nitrogens with two attached hydrogens (primary N) is 1. The Kier molecular flexibility index (Phi) is 12.9. The summed E-state index contributed by atoms with van der Waals surface area (Å²) in [6, 6.07) is 7.57. The van der Waals surface area contributed by atoms with Crippen molar-refractivity contribution in [2.75, 3.05) is 6.54 Å². The maximum absolute atomic E-state index is 10.8. The topological polar surface area (TPSA) is 56.0 Å². The van der Waals surface area contributed by atoms with E-state index in [-0.39, 0.29) is 5.78 Å². The van der Waals surface area contributed by atoms with Gasteiger partial charge in [-0.15, -0.1) is 11.3 Å². The first-order chi connectivity index (χ1) is 12.2. The lowest BCUT2D eigenvalue weighted by Crippen LogP contribution is -1.99. The molecule has 0 saturated carbocycles. The number of ketones is 1.